The number of anilines is 5. The number of benzene rings is 5. The third-order valence-electron chi connectivity index (χ3n) is 10.2. The lowest BCUT2D eigenvalue weighted by Crippen LogP contribution is -2.36. The summed E-state index contributed by atoms with van der Waals surface area (Å²) in [5.41, 5.74) is 10.1. The molecule has 0 saturated heterocycles. The van der Waals surface area contributed by atoms with Gasteiger partial charge in [-0.05, 0) is 133 Å². The van der Waals surface area contributed by atoms with Crippen molar-refractivity contribution >= 4 is 40.5 Å². The first kappa shape index (κ1) is 39.2. The molecule has 0 atom stereocenters. The zero-order chi connectivity index (χ0) is 40.1. The molecule has 1 saturated carbocycles. The fourth-order valence-electron chi connectivity index (χ4n) is 7.02. The summed E-state index contributed by atoms with van der Waals surface area (Å²) in [5.74, 6) is 1.45. The van der Waals surface area contributed by atoms with Crippen molar-refractivity contribution in [2.24, 2.45) is 0 Å². The van der Waals surface area contributed by atoms with Gasteiger partial charge in [0.2, 0.25) is 0 Å². The quantitative estimate of drug-likeness (QED) is 0.110. The molecule has 2 aromatic heterocycles. The van der Waals surface area contributed by atoms with Gasteiger partial charge in [0.05, 0.1) is 0 Å². The fraction of sp³-hybridized carbons (Fsp3) is 0.160. The fourth-order valence-corrected chi connectivity index (χ4v) is 7.02. The average Bonchev–Trinajstić information content (AvgIpc) is 3.26. The van der Waals surface area contributed by atoms with Crippen LogP contribution in [0.4, 0.5) is 28.7 Å². The van der Waals surface area contributed by atoms with Gasteiger partial charge in [-0.25, -0.2) is 9.97 Å². The van der Waals surface area contributed by atoms with E-state index in [1.165, 1.54) is 19.3 Å². The van der Waals surface area contributed by atoms with Crippen LogP contribution in [0.1, 0.15) is 63.9 Å². The summed E-state index contributed by atoms with van der Waals surface area (Å²) in [7, 11) is 0. The Labute approximate surface area is 340 Å². The molecule has 7 aromatic rings. The first-order valence-corrected chi connectivity index (χ1v) is 19.8. The number of nitrogens with zero attached hydrogens (tertiary/aromatic N) is 2. The second-order valence-corrected chi connectivity index (χ2v) is 14.5. The Balaban J connectivity index is 0.000000177. The van der Waals surface area contributed by atoms with Gasteiger partial charge in [-0.1, -0.05) is 98.1 Å². The number of para-hydroxylation sites is 3. The normalized spacial score (nSPS) is 12.4. The number of aryl methyl sites for hydroxylation is 2. The van der Waals surface area contributed by atoms with Crippen molar-refractivity contribution in [3.63, 3.8) is 0 Å². The van der Waals surface area contributed by atoms with Crippen molar-refractivity contribution < 1.29 is 9.59 Å². The van der Waals surface area contributed by atoms with Gasteiger partial charge in [-0.15, -0.1) is 0 Å². The maximum atomic E-state index is 12.9. The minimum Gasteiger partial charge on any atom is -0.349 e. The minimum absolute atomic E-state index is 0.0351. The highest BCUT2D eigenvalue weighted by atomic mass is 16.2. The van der Waals surface area contributed by atoms with Crippen molar-refractivity contribution in [1.29, 1.82) is 0 Å². The van der Waals surface area contributed by atoms with Gasteiger partial charge in [0, 0.05) is 46.6 Å². The molecule has 8 nitrogen and oxygen atoms in total. The summed E-state index contributed by atoms with van der Waals surface area (Å²) in [6.07, 6.45) is 9.43. The van der Waals surface area contributed by atoms with Crippen LogP contribution in [-0.4, -0.2) is 27.8 Å². The summed E-state index contributed by atoms with van der Waals surface area (Å²) >= 11 is 0. The number of pyridine rings is 2. The number of carbonyl (C=O) groups excluding carboxylic acids is 2. The summed E-state index contributed by atoms with van der Waals surface area (Å²) in [5, 5.41) is 12.8. The maximum absolute atomic E-state index is 12.9. The second-order valence-electron chi connectivity index (χ2n) is 14.5. The Hall–Kier alpha value is -7.06. The Morgan fingerprint density at radius 2 is 0.914 bits per heavy atom. The summed E-state index contributed by atoms with van der Waals surface area (Å²) in [6, 6.07) is 49.6. The highest BCUT2D eigenvalue weighted by Crippen LogP contribution is 2.28. The van der Waals surface area contributed by atoms with Crippen LogP contribution in [0.3, 0.4) is 0 Å². The standard InChI is InChI=1S/C25H27N3O.C25H21N3O/c2*1-18-12-13-19(16-23(18)25(29)28-22-10-6-3-7-11-22)20-14-15-26-24(17-20)27-21-8-4-2-5-9-21/h2,4-5,8-9,12-17,22H,3,6-7,10-11H2,1H3,(H,26,27)(H,28,29);2-17H,1H3,(H,26,27)(H,28,29). The van der Waals surface area contributed by atoms with Crippen molar-refractivity contribution in [2.75, 3.05) is 16.0 Å². The van der Waals surface area contributed by atoms with E-state index in [0.29, 0.717) is 11.6 Å². The first-order valence-electron chi connectivity index (χ1n) is 19.8. The maximum Gasteiger partial charge on any atom is 0.255 e. The molecular formula is C50H48N6O2. The molecule has 0 bridgehead atoms. The minimum atomic E-state index is -0.118. The predicted molar refractivity (Wildman–Crippen MR) is 237 cm³/mol. The summed E-state index contributed by atoms with van der Waals surface area (Å²) in [6.45, 7) is 3.94. The lowest BCUT2D eigenvalue weighted by molar-refractivity contribution is 0.0926. The van der Waals surface area contributed by atoms with E-state index in [1.54, 1.807) is 12.4 Å². The lowest BCUT2D eigenvalue weighted by Gasteiger charge is -2.23. The Kier molecular flexibility index (Phi) is 13.0. The Bertz CT molecular complexity index is 2450. The third kappa shape index (κ3) is 10.6. The topological polar surface area (TPSA) is 108 Å². The zero-order valence-electron chi connectivity index (χ0n) is 32.9. The second kappa shape index (κ2) is 19.2. The molecule has 1 aliphatic carbocycles. The highest BCUT2D eigenvalue weighted by Gasteiger charge is 2.18. The molecule has 2 heterocycles. The van der Waals surface area contributed by atoms with E-state index in [0.717, 1.165) is 80.5 Å². The molecule has 4 N–H and O–H groups in total. The number of aromatic nitrogens is 2. The summed E-state index contributed by atoms with van der Waals surface area (Å²) in [4.78, 5) is 34.5. The van der Waals surface area contributed by atoms with E-state index < -0.39 is 0 Å². The van der Waals surface area contributed by atoms with E-state index in [2.05, 4.69) is 37.3 Å². The van der Waals surface area contributed by atoms with Crippen LogP contribution in [0.15, 0.2) is 164 Å². The smallest absolute Gasteiger partial charge is 0.255 e. The average molecular weight is 765 g/mol. The number of amides is 2. The molecule has 0 radical (unpaired) electrons. The first-order chi connectivity index (χ1) is 28.4. The van der Waals surface area contributed by atoms with Crippen LogP contribution in [-0.2, 0) is 0 Å². The molecule has 8 heteroatoms. The van der Waals surface area contributed by atoms with Gasteiger partial charge in [0.15, 0.2) is 0 Å². The van der Waals surface area contributed by atoms with Gasteiger partial charge in [0.25, 0.3) is 11.8 Å². The van der Waals surface area contributed by atoms with Gasteiger partial charge in [-0.3, -0.25) is 9.59 Å². The van der Waals surface area contributed by atoms with E-state index in [9.17, 15) is 9.59 Å². The molecule has 0 unspecified atom stereocenters. The number of hydrogen-bond acceptors (Lipinski definition) is 6. The van der Waals surface area contributed by atoms with E-state index in [1.807, 2.05) is 159 Å². The SMILES string of the molecule is Cc1ccc(-c2ccnc(Nc3ccccc3)c2)cc1C(=O)NC1CCCCC1.Cc1ccc(-c2ccnc(Nc3ccccc3)c2)cc1C(=O)Nc1ccccc1. The number of carbonyl (C=O) groups is 2. The van der Waals surface area contributed by atoms with Gasteiger partial charge < -0.3 is 21.3 Å². The number of rotatable bonds is 10. The van der Waals surface area contributed by atoms with Crippen LogP contribution in [0.5, 0.6) is 0 Å². The Morgan fingerprint density at radius 3 is 1.40 bits per heavy atom. The van der Waals surface area contributed by atoms with Gasteiger partial charge in [-0.2, -0.15) is 0 Å². The largest absolute Gasteiger partial charge is 0.349 e. The van der Waals surface area contributed by atoms with Crippen LogP contribution < -0.4 is 21.3 Å². The molecule has 5 aromatic carbocycles. The highest BCUT2D eigenvalue weighted by molar-refractivity contribution is 6.06. The van der Waals surface area contributed by atoms with Crippen molar-refractivity contribution in [2.45, 2.75) is 52.0 Å². The molecule has 2 amide bonds. The zero-order valence-corrected chi connectivity index (χ0v) is 32.9. The van der Waals surface area contributed by atoms with Crippen molar-refractivity contribution in [3.8, 4) is 22.3 Å². The molecule has 1 fully saturated rings. The van der Waals surface area contributed by atoms with Crippen LogP contribution in [0, 0.1) is 13.8 Å². The molecule has 8 rings (SSSR count). The van der Waals surface area contributed by atoms with Gasteiger partial charge in [0.1, 0.15) is 11.6 Å². The van der Waals surface area contributed by atoms with Crippen LogP contribution in [0.25, 0.3) is 22.3 Å². The van der Waals surface area contributed by atoms with E-state index >= 15 is 0 Å². The summed E-state index contributed by atoms with van der Waals surface area (Å²) < 4.78 is 0. The molecule has 0 spiro atoms. The van der Waals surface area contributed by atoms with Crippen LogP contribution >= 0.6 is 0 Å². The molecular weight excluding hydrogens is 717 g/mol. The molecule has 1 aliphatic rings. The van der Waals surface area contributed by atoms with Crippen molar-refractivity contribution in [3.05, 3.63) is 186 Å². The third-order valence-corrected chi connectivity index (χ3v) is 10.2. The molecule has 58 heavy (non-hydrogen) atoms. The number of nitrogens with one attached hydrogen (secondary N) is 4. The monoisotopic (exact) mass is 764 g/mol. The molecule has 290 valence electrons. The van der Waals surface area contributed by atoms with E-state index in [4.69, 9.17) is 0 Å². The van der Waals surface area contributed by atoms with Crippen molar-refractivity contribution in [1.82, 2.24) is 15.3 Å². The number of hydrogen-bond donors (Lipinski definition) is 4. The predicted octanol–water partition coefficient (Wildman–Crippen LogP) is 11.9. The molecule has 0 aliphatic heterocycles. The van der Waals surface area contributed by atoms with E-state index in [-0.39, 0.29) is 11.8 Å². The van der Waals surface area contributed by atoms with Crippen LogP contribution in [0.2, 0.25) is 0 Å². The Morgan fingerprint density at radius 1 is 0.483 bits per heavy atom. The lowest BCUT2D eigenvalue weighted by atomic mass is 9.94. The van der Waals surface area contributed by atoms with Gasteiger partial charge >= 0.3 is 0 Å².